The van der Waals surface area contributed by atoms with Crippen LogP contribution in [0.4, 0.5) is 0 Å². The van der Waals surface area contributed by atoms with Crippen molar-refractivity contribution < 1.29 is 9.53 Å². The first-order valence-corrected chi connectivity index (χ1v) is 9.02. The van der Waals surface area contributed by atoms with E-state index in [0.29, 0.717) is 5.41 Å². The molecule has 2 N–H and O–H groups in total. The number of carbonyl (C=O) groups excluding carboxylic acids is 1. The maximum absolute atomic E-state index is 13.3. The lowest BCUT2D eigenvalue weighted by Crippen LogP contribution is -2.82. The largest absolute Gasteiger partial charge is 0.377 e. The number of fused-ring (bicyclic) bond motifs is 1. The van der Waals surface area contributed by atoms with Gasteiger partial charge in [-0.15, -0.1) is 0 Å². The Bertz CT molecular complexity index is 458. The summed E-state index contributed by atoms with van der Waals surface area (Å²) in [4.78, 5) is 15.3. The molecular weight excluding hydrogens is 276 g/mol. The molecule has 3 rings (SSSR count). The highest BCUT2D eigenvalue weighted by molar-refractivity contribution is 5.90. The number of hydrogen-bond acceptors (Lipinski definition) is 3. The number of amides is 1. The van der Waals surface area contributed by atoms with Gasteiger partial charge in [0.15, 0.2) is 0 Å². The average Bonchev–Trinajstić information content (AvgIpc) is 2.98. The van der Waals surface area contributed by atoms with E-state index in [1.165, 1.54) is 0 Å². The second-order valence-corrected chi connectivity index (χ2v) is 8.31. The highest BCUT2D eigenvalue weighted by Crippen LogP contribution is 2.58. The minimum absolute atomic E-state index is 0.153. The first-order valence-electron chi connectivity index (χ1n) is 9.02. The van der Waals surface area contributed by atoms with E-state index in [-0.39, 0.29) is 23.3 Å². The average molecular weight is 308 g/mol. The van der Waals surface area contributed by atoms with Gasteiger partial charge in [-0.1, -0.05) is 27.7 Å². The molecule has 0 aromatic rings. The quantitative estimate of drug-likeness (QED) is 0.872. The van der Waals surface area contributed by atoms with Crippen molar-refractivity contribution in [1.29, 1.82) is 0 Å². The highest BCUT2D eigenvalue weighted by Gasteiger charge is 2.71. The van der Waals surface area contributed by atoms with E-state index >= 15 is 0 Å². The second-order valence-electron chi connectivity index (χ2n) is 8.31. The van der Waals surface area contributed by atoms with Crippen LogP contribution in [-0.2, 0) is 9.53 Å². The van der Waals surface area contributed by atoms with E-state index in [0.717, 1.165) is 51.8 Å². The molecule has 1 saturated carbocycles. The molecule has 3 aliphatic rings. The van der Waals surface area contributed by atoms with Crippen LogP contribution in [0.1, 0.15) is 59.8 Å². The molecule has 0 spiro atoms. The summed E-state index contributed by atoms with van der Waals surface area (Å²) >= 11 is 0. The lowest BCUT2D eigenvalue weighted by atomic mass is 9.46. The van der Waals surface area contributed by atoms with Crippen LogP contribution < -0.4 is 5.73 Å². The second kappa shape index (κ2) is 5.20. The summed E-state index contributed by atoms with van der Waals surface area (Å²) in [5, 5.41) is 0. The smallest absolute Gasteiger partial charge is 0.243 e. The van der Waals surface area contributed by atoms with Crippen molar-refractivity contribution in [2.45, 2.75) is 71.4 Å². The summed E-state index contributed by atoms with van der Waals surface area (Å²) in [5.41, 5.74) is 6.06. The molecule has 0 aromatic heterocycles. The molecule has 0 bridgehead atoms. The van der Waals surface area contributed by atoms with Crippen molar-refractivity contribution in [2.75, 3.05) is 19.7 Å². The Morgan fingerprint density at radius 2 is 2.00 bits per heavy atom. The molecule has 0 aromatic carbocycles. The van der Waals surface area contributed by atoms with Crippen molar-refractivity contribution in [3.63, 3.8) is 0 Å². The standard InChI is InChI=1S/C18H32N2O2/c1-5-17(6-2)9-10-20(12-17)15(21)18(19)13-8-7-11-22-14(13)16(18,3)4/h13-14H,5-12,19H2,1-4H3. The van der Waals surface area contributed by atoms with Crippen LogP contribution in [0.2, 0.25) is 0 Å². The Balaban J connectivity index is 1.80. The fourth-order valence-corrected chi connectivity index (χ4v) is 5.21. The zero-order chi connectivity index (χ0) is 16.2. The summed E-state index contributed by atoms with van der Waals surface area (Å²) in [6.45, 7) is 11.3. The number of hydrogen-bond donors (Lipinski definition) is 1. The van der Waals surface area contributed by atoms with Crippen molar-refractivity contribution in [1.82, 2.24) is 4.90 Å². The number of nitrogens with two attached hydrogens (primary N) is 1. The topological polar surface area (TPSA) is 55.6 Å². The third-order valence-corrected chi connectivity index (χ3v) is 7.26. The molecule has 1 amide bonds. The zero-order valence-electron chi connectivity index (χ0n) is 14.7. The van der Waals surface area contributed by atoms with Gasteiger partial charge in [0.1, 0.15) is 5.54 Å². The molecule has 2 aliphatic heterocycles. The van der Waals surface area contributed by atoms with Gasteiger partial charge in [-0.25, -0.2) is 0 Å². The SMILES string of the molecule is CCC1(CC)CCN(C(=O)C2(N)C3CCCOC3C2(C)C)C1. The Hall–Kier alpha value is -0.610. The molecule has 3 fully saturated rings. The maximum Gasteiger partial charge on any atom is 0.243 e. The van der Waals surface area contributed by atoms with E-state index < -0.39 is 5.54 Å². The molecule has 0 radical (unpaired) electrons. The van der Waals surface area contributed by atoms with Crippen molar-refractivity contribution in [3.8, 4) is 0 Å². The molecule has 3 atom stereocenters. The van der Waals surface area contributed by atoms with Crippen LogP contribution in [0.15, 0.2) is 0 Å². The van der Waals surface area contributed by atoms with Crippen molar-refractivity contribution >= 4 is 5.91 Å². The summed E-state index contributed by atoms with van der Waals surface area (Å²) in [6, 6.07) is 0. The highest BCUT2D eigenvalue weighted by atomic mass is 16.5. The van der Waals surface area contributed by atoms with E-state index in [9.17, 15) is 4.79 Å². The maximum atomic E-state index is 13.3. The minimum atomic E-state index is -0.740. The van der Waals surface area contributed by atoms with Crippen molar-refractivity contribution in [2.24, 2.45) is 22.5 Å². The van der Waals surface area contributed by atoms with E-state index in [1.807, 2.05) is 0 Å². The molecule has 3 unspecified atom stereocenters. The van der Waals surface area contributed by atoms with Gasteiger partial charge >= 0.3 is 0 Å². The number of likely N-dealkylation sites (tertiary alicyclic amines) is 1. The van der Waals surface area contributed by atoms with E-state index in [1.54, 1.807) is 0 Å². The van der Waals surface area contributed by atoms with Crippen LogP contribution in [0.5, 0.6) is 0 Å². The predicted molar refractivity (Wildman–Crippen MR) is 87.4 cm³/mol. The van der Waals surface area contributed by atoms with Crippen molar-refractivity contribution in [3.05, 3.63) is 0 Å². The molecule has 22 heavy (non-hydrogen) atoms. The van der Waals surface area contributed by atoms with Gasteiger partial charge < -0.3 is 15.4 Å². The van der Waals surface area contributed by atoms with Gasteiger partial charge in [0.25, 0.3) is 0 Å². The molecule has 2 heterocycles. The molecule has 2 saturated heterocycles. The molecule has 1 aliphatic carbocycles. The monoisotopic (exact) mass is 308 g/mol. The normalized spacial score (nSPS) is 39.2. The summed E-state index contributed by atoms with van der Waals surface area (Å²) in [5.74, 6) is 0.370. The molecule has 4 nitrogen and oxygen atoms in total. The van der Waals surface area contributed by atoms with Crippen LogP contribution >= 0.6 is 0 Å². The molecule has 4 heteroatoms. The molecule has 126 valence electrons. The van der Waals surface area contributed by atoms with Gasteiger partial charge in [0, 0.05) is 31.0 Å². The van der Waals surface area contributed by atoms with Crippen LogP contribution in [0.25, 0.3) is 0 Å². The zero-order valence-corrected chi connectivity index (χ0v) is 14.7. The Labute approximate surface area is 134 Å². The first kappa shape index (κ1) is 16.3. The van der Waals surface area contributed by atoms with E-state index in [4.69, 9.17) is 10.5 Å². The fraction of sp³-hybridized carbons (Fsp3) is 0.944. The molecular formula is C18H32N2O2. The van der Waals surface area contributed by atoms with Crippen LogP contribution in [0, 0.1) is 16.7 Å². The Kier molecular flexibility index (Phi) is 3.84. The number of carbonyl (C=O) groups is 1. The van der Waals surface area contributed by atoms with Gasteiger partial charge in [0.05, 0.1) is 6.10 Å². The lowest BCUT2D eigenvalue weighted by molar-refractivity contribution is -0.229. The number of nitrogens with zero attached hydrogens (tertiary/aromatic N) is 1. The van der Waals surface area contributed by atoms with E-state index in [2.05, 4.69) is 32.6 Å². The minimum Gasteiger partial charge on any atom is -0.377 e. The lowest BCUT2D eigenvalue weighted by Gasteiger charge is -2.65. The third kappa shape index (κ3) is 1.92. The summed E-state index contributed by atoms with van der Waals surface area (Å²) < 4.78 is 5.93. The Morgan fingerprint density at radius 3 is 2.59 bits per heavy atom. The summed E-state index contributed by atoms with van der Waals surface area (Å²) in [6.07, 6.45) is 5.60. The van der Waals surface area contributed by atoms with Crippen LogP contribution in [0.3, 0.4) is 0 Å². The van der Waals surface area contributed by atoms with Gasteiger partial charge in [-0.3, -0.25) is 4.79 Å². The fourth-order valence-electron chi connectivity index (χ4n) is 5.21. The van der Waals surface area contributed by atoms with Crippen LogP contribution in [-0.4, -0.2) is 42.1 Å². The Morgan fingerprint density at radius 1 is 1.32 bits per heavy atom. The van der Waals surface area contributed by atoms with Gasteiger partial charge in [0.2, 0.25) is 5.91 Å². The number of rotatable bonds is 3. The van der Waals surface area contributed by atoms with Gasteiger partial charge in [-0.05, 0) is 37.5 Å². The summed E-state index contributed by atoms with van der Waals surface area (Å²) in [7, 11) is 0. The first-order chi connectivity index (χ1) is 10.3. The predicted octanol–water partition coefficient (Wildman–Crippen LogP) is 2.56. The van der Waals surface area contributed by atoms with Gasteiger partial charge in [-0.2, -0.15) is 0 Å². The third-order valence-electron chi connectivity index (χ3n) is 7.26. The number of ether oxygens (including phenoxy) is 1.